The van der Waals surface area contributed by atoms with Gasteiger partial charge in [0.05, 0.1) is 5.25 Å². The fraction of sp³-hybridized carbons (Fsp3) is 0.750. The first kappa shape index (κ1) is 22.2. The average molecular weight is 392 g/mol. The van der Waals surface area contributed by atoms with Crippen molar-refractivity contribution in [2.75, 3.05) is 13.2 Å². The van der Waals surface area contributed by atoms with Gasteiger partial charge in [-0.2, -0.15) is 0 Å². The molecule has 26 heavy (non-hydrogen) atoms. The van der Waals surface area contributed by atoms with Crippen LogP contribution in [0.3, 0.4) is 0 Å². The minimum atomic E-state index is -1.10. The second-order valence-corrected chi connectivity index (χ2v) is 6.87. The Labute approximate surface area is 156 Å². The molecule has 1 heterocycles. The van der Waals surface area contributed by atoms with Crippen LogP contribution < -0.4 is 0 Å². The number of carbonyl (C=O) groups excluding carboxylic acids is 4. The average Bonchev–Trinajstić information content (AvgIpc) is 2.50. The number of hydrogen-bond acceptors (Lipinski definition) is 10. The Morgan fingerprint density at radius 2 is 1.27 bits per heavy atom. The maximum atomic E-state index is 11.6. The number of hydrogen-bond donors (Lipinski definition) is 0. The quantitative estimate of drug-likeness (QED) is 0.455. The minimum absolute atomic E-state index is 0.0912. The van der Waals surface area contributed by atoms with E-state index in [1.54, 1.807) is 6.92 Å². The molecule has 5 atom stereocenters. The molecule has 5 unspecified atom stereocenters. The van der Waals surface area contributed by atoms with Gasteiger partial charge in [-0.1, -0.05) is 0 Å². The third kappa shape index (κ3) is 6.83. The van der Waals surface area contributed by atoms with Crippen LogP contribution >= 0.6 is 11.8 Å². The smallest absolute Gasteiger partial charge is 0.303 e. The van der Waals surface area contributed by atoms with Crippen molar-refractivity contribution in [3.63, 3.8) is 0 Å². The molecule has 9 nitrogen and oxygen atoms in total. The predicted molar refractivity (Wildman–Crippen MR) is 90.1 cm³/mol. The summed E-state index contributed by atoms with van der Waals surface area (Å²) >= 11 is 1.18. The van der Waals surface area contributed by atoms with Crippen LogP contribution in [0.5, 0.6) is 0 Å². The summed E-state index contributed by atoms with van der Waals surface area (Å²) in [6.45, 7) is 6.82. The van der Waals surface area contributed by atoms with Crippen LogP contribution in [0.2, 0.25) is 0 Å². The van der Waals surface area contributed by atoms with Gasteiger partial charge in [0.1, 0.15) is 12.0 Å². The zero-order valence-corrected chi connectivity index (χ0v) is 16.2. The molecule has 148 valence electrons. The van der Waals surface area contributed by atoms with E-state index in [-0.39, 0.29) is 6.61 Å². The first-order valence-electron chi connectivity index (χ1n) is 8.07. The number of esters is 4. The lowest BCUT2D eigenvalue weighted by Gasteiger charge is -2.43. The van der Waals surface area contributed by atoms with Gasteiger partial charge in [0.25, 0.3) is 0 Å². The Morgan fingerprint density at radius 1 is 0.769 bits per heavy atom. The van der Waals surface area contributed by atoms with Crippen LogP contribution in [-0.2, 0) is 42.9 Å². The summed E-state index contributed by atoms with van der Waals surface area (Å²) in [6, 6.07) is 0. The van der Waals surface area contributed by atoms with Gasteiger partial charge in [0, 0.05) is 34.3 Å². The van der Waals surface area contributed by atoms with Crippen molar-refractivity contribution in [1.29, 1.82) is 0 Å². The van der Waals surface area contributed by atoms with E-state index in [0.29, 0.717) is 6.61 Å². The Hall–Kier alpha value is -1.81. The topological polar surface area (TPSA) is 114 Å². The number of ether oxygens (including phenoxy) is 5. The Balaban J connectivity index is 3.22. The molecule has 0 aromatic heterocycles. The third-order valence-electron chi connectivity index (χ3n) is 3.28. The summed E-state index contributed by atoms with van der Waals surface area (Å²) in [4.78, 5) is 45.8. The van der Waals surface area contributed by atoms with Crippen molar-refractivity contribution in [3.8, 4) is 0 Å². The summed E-state index contributed by atoms with van der Waals surface area (Å²) in [7, 11) is 0. The van der Waals surface area contributed by atoms with Crippen molar-refractivity contribution < 1.29 is 42.9 Å². The van der Waals surface area contributed by atoms with Crippen molar-refractivity contribution >= 4 is 35.6 Å². The van der Waals surface area contributed by atoms with Crippen LogP contribution in [0.15, 0.2) is 0 Å². The highest BCUT2D eigenvalue weighted by Gasteiger charge is 2.52. The molecule has 1 aliphatic rings. The molecular weight excluding hydrogens is 368 g/mol. The Kier molecular flexibility index (Phi) is 8.86. The fourth-order valence-corrected chi connectivity index (χ4v) is 3.92. The van der Waals surface area contributed by atoms with Gasteiger partial charge in [-0.05, 0) is 6.92 Å². The van der Waals surface area contributed by atoms with E-state index in [1.807, 2.05) is 0 Å². The van der Waals surface area contributed by atoms with Gasteiger partial charge >= 0.3 is 23.9 Å². The summed E-state index contributed by atoms with van der Waals surface area (Å²) in [5, 5.41) is -0.574. The highest BCUT2D eigenvalue weighted by molar-refractivity contribution is 8.00. The zero-order chi connectivity index (χ0) is 19.9. The van der Waals surface area contributed by atoms with Gasteiger partial charge in [-0.3, -0.25) is 19.2 Å². The van der Waals surface area contributed by atoms with E-state index < -0.39 is 52.9 Å². The molecule has 0 saturated carbocycles. The molecule has 1 rings (SSSR count). The summed E-state index contributed by atoms with van der Waals surface area (Å²) in [5.41, 5.74) is -0.694. The maximum Gasteiger partial charge on any atom is 0.303 e. The lowest BCUT2D eigenvalue weighted by molar-refractivity contribution is -0.193. The van der Waals surface area contributed by atoms with Crippen LogP contribution in [-0.4, -0.2) is 66.1 Å². The van der Waals surface area contributed by atoms with E-state index >= 15 is 0 Å². The predicted octanol–water partition coefficient (Wildman–Crippen LogP) is 0.823. The molecule has 0 spiro atoms. The molecule has 0 amide bonds. The molecule has 0 aromatic rings. The first-order valence-corrected chi connectivity index (χ1v) is 9.02. The third-order valence-corrected chi connectivity index (χ3v) is 4.71. The molecule has 0 radical (unpaired) electrons. The molecule has 1 saturated heterocycles. The molecule has 0 N–H and O–H groups in total. The normalized spacial score (nSPS) is 28.0. The Morgan fingerprint density at radius 3 is 1.73 bits per heavy atom. The van der Waals surface area contributed by atoms with Crippen LogP contribution in [0, 0.1) is 0 Å². The highest BCUT2D eigenvalue weighted by Crippen LogP contribution is 2.38. The van der Waals surface area contributed by atoms with E-state index in [2.05, 4.69) is 0 Å². The minimum Gasteiger partial charge on any atom is -0.465 e. The van der Waals surface area contributed by atoms with Crippen molar-refractivity contribution in [3.05, 3.63) is 0 Å². The van der Waals surface area contributed by atoms with Gasteiger partial charge in [0.2, 0.25) is 0 Å². The van der Waals surface area contributed by atoms with Crippen LogP contribution in [0.1, 0.15) is 34.6 Å². The summed E-state index contributed by atoms with van der Waals surface area (Å²) in [6.07, 6.45) is -3.07. The highest BCUT2D eigenvalue weighted by atomic mass is 32.2. The van der Waals surface area contributed by atoms with Crippen molar-refractivity contribution in [2.45, 2.75) is 63.6 Å². The molecule has 10 heteroatoms. The molecule has 0 aliphatic carbocycles. The van der Waals surface area contributed by atoms with E-state index in [0.717, 1.165) is 0 Å². The second-order valence-electron chi connectivity index (χ2n) is 5.52. The standard InChI is InChI=1S/C16H24O9S/c1-6-21-16-15(25-11(5)20)14(24-10(4)19)13(23-9(3)18)12(26-16)7-22-8(2)17/h12-16H,6-7H2,1-5H3. The van der Waals surface area contributed by atoms with E-state index in [9.17, 15) is 19.2 Å². The zero-order valence-electron chi connectivity index (χ0n) is 15.4. The van der Waals surface area contributed by atoms with Gasteiger partial charge in [0.15, 0.2) is 18.3 Å². The SMILES string of the molecule is CCOC1SC(COC(C)=O)C(OC(C)=O)C(OC(C)=O)C1OC(C)=O. The van der Waals surface area contributed by atoms with Gasteiger partial charge in [-0.15, -0.1) is 11.8 Å². The summed E-state index contributed by atoms with van der Waals surface area (Å²) in [5.74, 6) is -2.36. The van der Waals surface area contributed by atoms with Crippen molar-refractivity contribution in [1.82, 2.24) is 0 Å². The Bertz CT molecular complexity index is 536. The second kappa shape index (κ2) is 10.4. The molecule has 0 aromatic carbocycles. The van der Waals surface area contributed by atoms with Gasteiger partial charge in [-0.25, -0.2) is 0 Å². The number of thioether (sulfide) groups is 1. The lowest BCUT2D eigenvalue weighted by Crippen LogP contribution is -2.59. The fourth-order valence-electron chi connectivity index (χ4n) is 2.49. The largest absolute Gasteiger partial charge is 0.465 e. The molecule has 1 fully saturated rings. The molecule has 0 bridgehead atoms. The van der Waals surface area contributed by atoms with Gasteiger partial charge < -0.3 is 23.7 Å². The number of rotatable bonds is 7. The summed E-state index contributed by atoms with van der Waals surface area (Å²) < 4.78 is 26.6. The molecular formula is C16H24O9S. The van der Waals surface area contributed by atoms with Crippen molar-refractivity contribution in [2.24, 2.45) is 0 Å². The molecule has 1 aliphatic heterocycles. The van der Waals surface area contributed by atoms with E-state index in [4.69, 9.17) is 23.7 Å². The lowest BCUT2D eigenvalue weighted by atomic mass is 10.0. The maximum absolute atomic E-state index is 11.6. The van der Waals surface area contributed by atoms with Crippen LogP contribution in [0.25, 0.3) is 0 Å². The van der Waals surface area contributed by atoms with Crippen LogP contribution in [0.4, 0.5) is 0 Å². The number of carbonyl (C=O) groups is 4. The monoisotopic (exact) mass is 392 g/mol. The van der Waals surface area contributed by atoms with E-state index in [1.165, 1.54) is 39.5 Å². The first-order chi connectivity index (χ1) is 12.1.